The third kappa shape index (κ3) is 2.71. The van der Waals surface area contributed by atoms with Crippen molar-refractivity contribution < 1.29 is 4.79 Å². The second kappa shape index (κ2) is 6.06. The standard InChI is InChI=1S/C15H18ClN5O/c1-10-18-14(15(22)20-7-6-11(8-17)9-20)19-21(10)13-5-3-2-4-12(13)16/h2-5,11H,6-9,17H2,1H3/t11-/m0/s1. The van der Waals surface area contributed by atoms with E-state index in [2.05, 4.69) is 10.1 Å². The van der Waals surface area contributed by atoms with Gasteiger partial charge in [0.1, 0.15) is 5.82 Å². The van der Waals surface area contributed by atoms with E-state index < -0.39 is 0 Å². The Bertz CT molecular complexity index is 699. The predicted molar refractivity (Wildman–Crippen MR) is 84.2 cm³/mol. The van der Waals surface area contributed by atoms with Crippen LogP contribution in [-0.4, -0.2) is 45.2 Å². The van der Waals surface area contributed by atoms with E-state index in [0.29, 0.717) is 36.4 Å². The predicted octanol–water partition coefficient (Wildman–Crippen LogP) is 1.65. The summed E-state index contributed by atoms with van der Waals surface area (Å²) in [5, 5.41) is 4.90. The molecular formula is C15H18ClN5O. The zero-order valence-corrected chi connectivity index (χ0v) is 13.1. The van der Waals surface area contributed by atoms with E-state index in [1.165, 1.54) is 0 Å². The quantitative estimate of drug-likeness (QED) is 0.933. The topological polar surface area (TPSA) is 77.0 Å². The van der Waals surface area contributed by atoms with Crippen LogP contribution < -0.4 is 5.73 Å². The largest absolute Gasteiger partial charge is 0.336 e. The molecule has 2 heterocycles. The van der Waals surface area contributed by atoms with Crippen LogP contribution in [0.5, 0.6) is 0 Å². The van der Waals surface area contributed by atoms with Crippen LogP contribution in [0.4, 0.5) is 0 Å². The van der Waals surface area contributed by atoms with Crippen molar-refractivity contribution in [3.05, 3.63) is 40.9 Å². The van der Waals surface area contributed by atoms with Crippen LogP contribution in [0.15, 0.2) is 24.3 Å². The van der Waals surface area contributed by atoms with E-state index in [0.717, 1.165) is 12.1 Å². The van der Waals surface area contributed by atoms with Crippen molar-refractivity contribution in [2.24, 2.45) is 11.7 Å². The monoisotopic (exact) mass is 319 g/mol. The Balaban J connectivity index is 1.87. The number of aromatic nitrogens is 3. The highest BCUT2D eigenvalue weighted by molar-refractivity contribution is 6.32. The zero-order valence-electron chi connectivity index (χ0n) is 12.4. The highest BCUT2D eigenvalue weighted by atomic mass is 35.5. The lowest BCUT2D eigenvalue weighted by Crippen LogP contribution is -2.30. The normalized spacial score (nSPS) is 18.0. The Hall–Kier alpha value is -1.92. The summed E-state index contributed by atoms with van der Waals surface area (Å²) in [5.41, 5.74) is 6.38. The first-order chi connectivity index (χ1) is 10.6. The summed E-state index contributed by atoms with van der Waals surface area (Å²) < 4.78 is 1.60. The Kier molecular flexibility index (Phi) is 4.13. The number of likely N-dealkylation sites (tertiary alicyclic amines) is 1. The Morgan fingerprint density at radius 3 is 2.91 bits per heavy atom. The van der Waals surface area contributed by atoms with Crippen LogP contribution in [0.3, 0.4) is 0 Å². The van der Waals surface area contributed by atoms with Crippen molar-refractivity contribution in [3.8, 4) is 5.69 Å². The van der Waals surface area contributed by atoms with Crippen LogP contribution in [-0.2, 0) is 0 Å². The molecule has 1 atom stereocenters. The zero-order chi connectivity index (χ0) is 15.7. The van der Waals surface area contributed by atoms with E-state index in [9.17, 15) is 4.79 Å². The number of nitrogens with zero attached hydrogens (tertiary/aromatic N) is 4. The minimum Gasteiger partial charge on any atom is -0.336 e. The van der Waals surface area contributed by atoms with Crippen molar-refractivity contribution in [1.29, 1.82) is 0 Å². The molecule has 7 heteroatoms. The van der Waals surface area contributed by atoms with Gasteiger partial charge < -0.3 is 10.6 Å². The molecule has 1 saturated heterocycles. The van der Waals surface area contributed by atoms with Gasteiger partial charge in [0.05, 0.1) is 10.7 Å². The first kappa shape index (κ1) is 15.0. The Morgan fingerprint density at radius 2 is 2.23 bits per heavy atom. The number of benzene rings is 1. The third-order valence-electron chi connectivity index (χ3n) is 3.95. The average Bonchev–Trinajstić information content (AvgIpc) is 3.14. The van der Waals surface area contributed by atoms with Gasteiger partial charge in [-0.15, -0.1) is 5.10 Å². The number of nitrogens with two attached hydrogens (primary N) is 1. The molecule has 3 rings (SSSR count). The highest BCUT2D eigenvalue weighted by Crippen LogP contribution is 2.21. The smallest absolute Gasteiger partial charge is 0.293 e. The molecule has 1 amide bonds. The summed E-state index contributed by atoms with van der Waals surface area (Å²) >= 11 is 6.19. The minimum atomic E-state index is -0.148. The SMILES string of the molecule is Cc1nc(C(=O)N2CC[C@@H](CN)C2)nn1-c1ccccc1Cl. The number of rotatable bonds is 3. The molecule has 2 aromatic rings. The van der Waals surface area contributed by atoms with Crippen LogP contribution in [0.25, 0.3) is 5.69 Å². The second-order valence-corrected chi connectivity index (χ2v) is 5.89. The van der Waals surface area contributed by atoms with Gasteiger partial charge in [-0.25, -0.2) is 9.67 Å². The third-order valence-corrected chi connectivity index (χ3v) is 4.27. The fourth-order valence-corrected chi connectivity index (χ4v) is 2.90. The van der Waals surface area contributed by atoms with E-state index in [4.69, 9.17) is 17.3 Å². The summed E-state index contributed by atoms with van der Waals surface area (Å²) in [6.07, 6.45) is 0.937. The summed E-state index contributed by atoms with van der Waals surface area (Å²) in [7, 11) is 0. The molecule has 116 valence electrons. The summed E-state index contributed by atoms with van der Waals surface area (Å²) in [6, 6.07) is 7.35. The molecule has 0 bridgehead atoms. The highest BCUT2D eigenvalue weighted by Gasteiger charge is 2.28. The van der Waals surface area contributed by atoms with Crippen molar-refractivity contribution in [2.75, 3.05) is 19.6 Å². The molecule has 1 aromatic carbocycles. The molecule has 1 aromatic heterocycles. The van der Waals surface area contributed by atoms with Gasteiger partial charge in [-0.3, -0.25) is 4.79 Å². The van der Waals surface area contributed by atoms with Crippen molar-refractivity contribution >= 4 is 17.5 Å². The van der Waals surface area contributed by atoms with Crippen molar-refractivity contribution in [1.82, 2.24) is 19.7 Å². The lowest BCUT2D eigenvalue weighted by Gasteiger charge is -2.13. The molecule has 0 radical (unpaired) electrons. The van der Waals surface area contributed by atoms with Crippen LogP contribution >= 0.6 is 11.6 Å². The number of hydrogen-bond acceptors (Lipinski definition) is 4. The van der Waals surface area contributed by atoms with E-state index >= 15 is 0 Å². The van der Waals surface area contributed by atoms with Crippen molar-refractivity contribution in [2.45, 2.75) is 13.3 Å². The van der Waals surface area contributed by atoms with Gasteiger partial charge >= 0.3 is 0 Å². The average molecular weight is 320 g/mol. The molecule has 1 fully saturated rings. The number of carbonyl (C=O) groups excluding carboxylic acids is 1. The van der Waals surface area contributed by atoms with E-state index in [1.807, 2.05) is 18.2 Å². The van der Waals surface area contributed by atoms with Gasteiger partial charge in [0.15, 0.2) is 0 Å². The fourth-order valence-electron chi connectivity index (χ4n) is 2.68. The molecule has 0 unspecified atom stereocenters. The fraction of sp³-hybridized carbons (Fsp3) is 0.400. The minimum absolute atomic E-state index is 0.148. The molecular weight excluding hydrogens is 302 g/mol. The van der Waals surface area contributed by atoms with Gasteiger partial charge in [-0.1, -0.05) is 23.7 Å². The van der Waals surface area contributed by atoms with Crippen molar-refractivity contribution in [3.63, 3.8) is 0 Å². The van der Waals surface area contributed by atoms with Gasteiger partial charge in [-0.05, 0) is 37.9 Å². The second-order valence-electron chi connectivity index (χ2n) is 5.49. The Labute approximate surface area is 133 Å². The van der Waals surface area contributed by atoms with Crippen LogP contribution in [0, 0.1) is 12.8 Å². The first-order valence-electron chi connectivity index (χ1n) is 7.28. The molecule has 22 heavy (non-hydrogen) atoms. The van der Waals surface area contributed by atoms with Gasteiger partial charge in [-0.2, -0.15) is 0 Å². The molecule has 2 N–H and O–H groups in total. The number of halogens is 1. The molecule has 6 nitrogen and oxygen atoms in total. The number of amides is 1. The van der Waals surface area contributed by atoms with Crippen LogP contribution in [0.2, 0.25) is 5.02 Å². The number of hydrogen-bond donors (Lipinski definition) is 1. The summed E-state index contributed by atoms with van der Waals surface area (Å²) in [6.45, 7) is 3.79. The van der Waals surface area contributed by atoms with Gasteiger partial charge in [0.25, 0.3) is 5.91 Å². The lowest BCUT2D eigenvalue weighted by molar-refractivity contribution is 0.0775. The lowest BCUT2D eigenvalue weighted by atomic mass is 10.1. The van der Waals surface area contributed by atoms with Gasteiger partial charge in [0.2, 0.25) is 5.82 Å². The molecule has 0 aliphatic carbocycles. The maximum absolute atomic E-state index is 12.5. The van der Waals surface area contributed by atoms with Gasteiger partial charge in [0, 0.05) is 13.1 Å². The molecule has 1 aliphatic rings. The summed E-state index contributed by atoms with van der Waals surface area (Å²) in [4.78, 5) is 18.6. The number of carbonyl (C=O) groups is 1. The Morgan fingerprint density at radius 1 is 1.45 bits per heavy atom. The number of aryl methyl sites for hydroxylation is 1. The number of para-hydroxylation sites is 1. The molecule has 0 saturated carbocycles. The van der Waals surface area contributed by atoms with E-state index in [-0.39, 0.29) is 11.7 Å². The van der Waals surface area contributed by atoms with E-state index in [1.54, 1.807) is 22.6 Å². The first-order valence-corrected chi connectivity index (χ1v) is 7.66. The molecule has 1 aliphatic heterocycles. The maximum atomic E-state index is 12.5. The maximum Gasteiger partial charge on any atom is 0.293 e. The molecule has 0 spiro atoms. The van der Waals surface area contributed by atoms with Crippen LogP contribution in [0.1, 0.15) is 22.9 Å². The summed E-state index contributed by atoms with van der Waals surface area (Å²) in [5.74, 6) is 1.06.